The number of ether oxygens (including phenoxy) is 1. The largest absolute Gasteiger partial charge is 0.489 e. The van der Waals surface area contributed by atoms with Crippen molar-refractivity contribution in [2.75, 3.05) is 12.3 Å². The van der Waals surface area contributed by atoms with Crippen LogP contribution in [0, 0.1) is 6.92 Å². The molecule has 0 bridgehead atoms. The minimum Gasteiger partial charge on any atom is -0.489 e. The highest BCUT2D eigenvalue weighted by Gasteiger charge is 2.36. The Labute approximate surface area is 176 Å². The first kappa shape index (κ1) is 20.0. The summed E-state index contributed by atoms with van der Waals surface area (Å²) in [7, 11) is -3.53. The van der Waals surface area contributed by atoms with Crippen molar-refractivity contribution >= 4 is 21.8 Å². The van der Waals surface area contributed by atoms with E-state index in [0.29, 0.717) is 18.0 Å². The van der Waals surface area contributed by atoms with Gasteiger partial charge in [-0.15, -0.1) is 11.8 Å². The maximum atomic E-state index is 13.1. The van der Waals surface area contributed by atoms with Crippen molar-refractivity contribution in [3.8, 4) is 5.75 Å². The van der Waals surface area contributed by atoms with E-state index in [4.69, 9.17) is 4.74 Å². The van der Waals surface area contributed by atoms with Gasteiger partial charge in [0.15, 0.2) is 0 Å². The quantitative estimate of drug-likeness (QED) is 0.557. The van der Waals surface area contributed by atoms with Gasteiger partial charge in [0.25, 0.3) is 0 Å². The number of hydrogen-bond donors (Lipinski definition) is 0. The van der Waals surface area contributed by atoms with E-state index in [1.165, 1.54) is 0 Å². The molecular formula is C23H23NO3S2. The summed E-state index contributed by atoms with van der Waals surface area (Å²) < 4.78 is 33.7. The molecule has 1 aliphatic rings. The number of nitrogens with zero attached hydrogens (tertiary/aromatic N) is 1. The third kappa shape index (κ3) is 4.50. The minimum absolute atomic E-state index is 0.218. The van der Waals surface area contributed by atoms with Gasteiger partial charge < -0.3 is 4.74 Å². The highest BCUT2D eigenvalue weighted by atomic mass is 32.2. The second-order valence-electron chi connectivity index (χ2n) is 7.00. The fourth-order valence-electron chi connectivity index (χ4n) is 3.28. The normalized spacial score (nSPS) is 17.3. The number of hydrogen-bond acceptors (Lipinski definition) is 4. The first-order chi connectivity index (χ1) is 14.0. The number of thioether (sulfide) groups is 1. The predicted octanol–water partition coefficient (Wildman–Crippen LogP) is 5.01. The van der Waals surface area contributed by atoms with Crippen molar-refractivity contribution in [3.05, 3.63) is 95.6 Å². The zero-order valence-electron chi connectivity index (χ0n) is 16.2. The van der Waals surface area contributed by atoms with Crippen molar-refractivity contribution in [2.45, 2.75) is 23.8 Å². The van der Waals surface area contributed by atoms with Crippen molar-refractivity contribution in [2.24, 2.45) is 0 Å². The fourth-order valence-corrected chi connectivity index (χ4v) is 6.52. The average Bonchev–Trinajstić information content (AvgIpc) is 3.25. The van der Waals surface area contributed by atoms with Crippen LogP contribution in [0.25, 0.3) is 0 Å². The van der Waals surface area contributed by atoms with E-state index in [2.05, 4.69) is 0 Å². The molecule has 4 rings (SSSR count). The topological polar surface area (TPSA) is 46.6 Å². The lowest BCUT2D eigenvalue weighted by Crippen LogP contribution is -2.30. The van der Waals surface area contributed by atoms with Gasteiger partial charge in [-0.3, -0.25) is 0 Å². The van der Waals surface area contributed by atoms with Gasteiger partial charge in [0.1, 0.15) is 12.4 Å². The molecule has 0 aliphatic carbocycles. The molecule has 0 N–H and O–H groups in total. The van der Waals surface area contributed by atoms with Gasteiger partial charge in [-0.25, -0.2) is 8.42 Å². The Hall–Kier alpha value is -2.28. The number of sulfonamides is 1. The van der Waals surface area contributed by atoms with Crippen LogP contribution in [-0.4, -0.2) is 25.0 Å². The molecule has 29 heavy (non-hydrogen) atoms. The molecule has 4 nitrogen and oxygen atoms in total. The molecule has 0 amide bonds. The van der Waals surface area contributed by atoms with Crippen LogP contribution in [0.2, 0.25) is 0 Å². The van der Waals surface area contributed by atoms with Crippen LogP contribution in [0.5, 0.6) is 5.75 Å². The monoisotopic (exact) mass is 425 g/mol. The van der Waals surface area contributed by atoms with Crippen LogP contribution in [0.15, 0.2) is 83.8 Å². The predicted molar refractivity (Wildman–Crippen MR) is 117 cm³/mol. The van der Waals surface area contributed by atoms with Gasteiger partial charge in [-0.1, -0.05) is 60.2 Å². The first-order valence-corrected chi connectivity index (χ1v) is 12.0. The highest BCUT2D eigenvalue weighted by Crippen LogP contribution is 2.41. The molecule has 0 radical (unpaired) electrons. The van der Waals surface area contributed by atoms with Crippen LogP contribution in [-0.2, 0) is 16.6 Å². The van der Waals surface area contributed by atoms with E-state index in [1.54, 1.807) is 28.2 Å². The van der Waals surface area contributed by atoms with Gasteiger partial charge in [-0.05, 0) is 42.3 Å². The van der Waals surface area contributed by atoms with Crippen molar-refractivity contribution in [1.82, 2.24) is 4.31 Å². The van der Waals surface area contributed by atoms with Gasteiger partial charge >= 0.3 is 0 Å². The lowest BCUT2D eigenvalue weighted by Gasteiger charge is -2.24. The SMILES string of the molecule is Cc1ccc(S(=O)(=O)N2CCS[C@H]2c2ccc(OCc3ccccc3)cc2)cc1. The Bertz CT molecular complexity index is 1050. The van der Waals surface area contributed by atoms with Crippen LogP contribution >= 0.6 is 11.8 Å². The molecule has 150 valence electrons. The Morgan fingerprint density at radius 1 is 0.966 bits per heavy atom. The molecule has 0 saturated carbocycles. The van der Waals surface area contributed by atoms with E-state index >= 15 is 0 Å². The summed E-state index contributed by atoms with van der Waals surface area (Å²) in [5, 5.41) is -0.218. The van der Waals surface area contributed by atoms with Crippen molar-refractivity contribution < 1.29 is 13.2 Å². The summed E-state index contributed by atoms with van der Waals surface area (Å²) in [4.78, 5) is 0.346. The third-order valence-electron chi connectivity index (χ3n) is 4.89. The van der Waals surface area contributed by atoms with Crippen molar-refractivity contribution in [3.63, 3.8) is 0 Å². The van der Waals surface area contributed by atoms with Crippen LogP contribution < -0.4 is 4.74 Å². The maximum Gasteiger partial charge on any atom is 0.244 e. The molecule has 1 heterocycles. The lowest BCUT2D eigenvalue weighted by molar-refractivity contribution is 0.306. The fraction of sp³-hybridized carbons (Fsp3) is 0.217. The average molecular weight is 426 g/mol. The zero-order chi connectivity index (χ0) is 20.3. The maximum absolute atomic E-state index is 13.1. The van der Waals surface area contributed by atoms with Crippen LogP contribution in [0.4, 0.5) is 0 Å². The Kier molecular flexibility index (Phi) is 5.94. The lowest BCUT2D eigenvalue weighted by atomic mass is 10.2. The Morgan fingerprint density at radius 2 is 1.66 bits per heavy atom. The second kappa shape index (κ2) is 8.61. The van der Waals surface area contributed by atoms with Gasteiger partial charge in [0, 0.05) is 12.3 Å². The van der Waals surface area contributed by atoms with Crippen LogP contribution in [0.1, 0.15) is 22.1 Å². The minimum atomic E-state index is -3.53. The molecule has 1 atom stereocenters. The molecule has 3 aromatic carbocycles. The van der Waals surface area contributed by atoms with E-state index in [9.17, 15) is 8.42 Å². The second-order valence-corrected chi connectivity index (χ2v) is 10.1. The smallest absolute Gasteiger partial charge is 0.244 e. The van der Waals surface area contributed by atoms with Crippen molar-refractivity contribution in [1.29, 1.82) is 0 Å². The molecule has 0 spiro atoms. The number of rotatable bonds is 6. The van der Waals surface area contributed by atoms with Gasteiger partial charge in [0.05, 0.1) is 10.3 Å². The standard InChI is InChI=1S/C23H23NO3S2/c1-18-7-13-22(14-8-18)29(25,26)24-15-16-28-23(24)20-9-11-21(12-10-20)27-17-19-5-3-2-4-6-19/h2-14,23H,15-17H2,1H3/t23-/m0/s1. The van der Waals surface area contributed by atoms with E-state index in [0.717, 1.165) is 28.2 Å². The molecule has 0 aromatic heterocycles. The highest BCUT2D eigenvalue weighted by molar-refractivity contribution is 8.01. The first-order valence-electron chi connectivity index (χ1n) is 9.51. The van der Waals surface area contributed by atoms with E-state index in [1.807, 2.05) is 73.7 Å². The summed E-state index contributed by atoms with van der Waals surface area (Å²) in [5.41, 5.74) is 3.12. The third-order valence-corrected chi connectivity index (χ3v) is 8.16. The summed E-state index contributed by atoms with van der Waals surface area (Å²) >= 11 is 1.65. The molecular weight excluding hydrogens is 402 g/mol. The summed E-state index contributed by atoms with van der Waals surface area (Å²) in [6.45, 7) is 2.97. The zero-order valence-corrected chi connectivity index (χ0v) is 17.8. The van der Waals surface area contributed by atoms with E-state index in [-0.39, 0.29) is 5.37 Å². The molecule has 1 aliphatic heterocycles. The number of aryl methyl sites for hydroxylation is 1. The molecule has 0 unspecified atom stereocenters. The molecule has 1 saturated heterocycles. The number of benzene rings is 3. The Morgan fingerprint density at radius 3 is 2.34 bits per heavy atom. The van der Waals surface area contributed by atoms with Gasteiger partial charge in [-0.2, -0.15) is 4.31 Å². The molecule has 1 fully saturated rings. The molecule has 6 heteroatoms. The van der Waals surface area contributed by atoms with E-state index < -0.39 is 10.0 Å². The Balaban J connectivity index is 1.49. The summed E-state index contributed by atoms with van der Waals surface area (Å²) in [6.07, 6.45) is 0. The molecule has 3 aromatic rings. The van der Waals surface area contributed by atoms with Gasteiger partial charge in [0.2, 0.25) is 10.0 Å². The van der Waals surface area contributed by atoms with Crippen LogP contribution in [0.3, 0.4) is 0 Å². The summed E-state index contributed by atoms with van der Waals surface area (Å²) in [5.74, 6) is 1.55. The summed E-state index contributed by atoms with van der Waals surface area (Å²) in [6, 6.07) is 24.8.